The second kappa shape index (κ2) is 9.67. The van der Waals surface area contributed by atoms with Crippen LogP contribution < -0.4 is 15.5 Å². The maximum Gasteiger partial charge on any atom is 0.341 e. The van der Waals surface area contributed by atoms with Gasteiger partial charge in [-0.25, -0.2) is 4.79 Å². The molecule has 0 atom stereocenters. The van der Waals surface area contributed by atoms with Crippen molar-refractivity contribution < 1.29 is 24.0 Å². The topological polar surface area (TPSA) is 88.9 Å². The molecule has 2 amide bonds. The number of amides is 2. The SMILES string of the molecule is CCOC(=O)c1c(NC(=O)C[NH+]2CCCC2)sc(C(=O)Nc2ccccc2)c1C. The Morgan fingerprint density at radius 3 is 2.45 bits per heavy atom. The van der Waals surface area contributed by atoms with Crippen LogP contribution in [0.1, 0.15) is 45.4 Å². The molecule has 1 aromatic carbocycles. The Morgan fingerprint density at radius 2 is 1.79 bits per heavy atom. The van der Waals surface area contributed by atoms with E-state index >= 15 is 0 Å². The summed E-state index contributed by atoms with van der Waals surface area (Å²) < 4.78 is 5.16. The second-order valence-corrected chi connectivity index (χ2v) is 8.00. The van der Waals surface area contributed by atoms with Gasteiger partial charge in [0.1, 0.15) is 5.00 Å². The average molecular weight is 417 g/mol. The molecule has 1 aliphatic rings. The number of esters is 1. The van der Waals surface area contributed by atoms with Crippen LogP contribution in [-0.2, 0) is 9.53 Å². The molecular formula is C21H26N3O4S+. The number of para-hydroxylation sites is 1. The molecule has 3 N–H and O–H groups in total. The monoisotopic (exact) mass is 416 g/mol. The summed E-state index contributed by atoms with van der Waals surface area (Å²) in [7, 11) is 0. The van der Waals surface area contributed by atoms with Crippen LogP contribution in [0.3, 0.4) is 0 Å². The highest BCUT2D eigenvalue weighted by Gasteiger charge is 2.28. The average Bonchev–Trinajstić information content (AvgIpc) is 3.30. The van der Waals surface area contributed by atoms with Crippen molar-refractivity contribution >= 4 is 39.8 Å². The molecule has 2 aromatic rings. The van der Waals surface area contributed by atoms with Gasteiger partial charge in [0.05, 0.1) is 30.1 Å². The standard InChI is InChI=1S/C21H25N3O4S/c1-3-28-21(27)17-14(2)18(19(26)22-15-9-5-4-6-10-15)29-20(17)23-16(25)13-24-11-7-8-12-24/h4-6,9-10H,3,7-8,11-13H2,1-2H3,(H,22,26)(H,23,25)/p+1. The number of carbonyl (C=O) groups excluding carboxylic acids is 3. The Morgan fingerprint density at radius 1 is 1.10 bits per heavy atom. The van der Waals surface area contributed by atoms with Gasteiger partial charge in [-0.3, -0.25) is 9.59 Å². The van der Waals surface area contributed by atoms with Gasteiger partial charge in [0, 0.05) is 18.5 Å². The Hall–Kier alpha value is -2.71. The van der Waals surface area contributed by atoms with Gasteiger partial charge in [0.25, 0.3) is 11.8 Å². The zero-order valence-electron chi connectivity index (χ0n) is 16.7. The lowest BCUT2D eigenvalue weighted by Gasteiger charge is -2.12. The van der Waals surface area contributed by atoms with Crippen molar-refractivity contribution in [2.24, 2.45) is 0 Å². The molecule has 0 aliphatic carbocycles. The zero-order valence-corrected chi connectivity index (χ0v) is 17.5. The predicted octanol–water partition coefficient (Wildman–Crippen LogP) is 2.10. The smallest absolute Gasteiger partial charge is 0.341 e. The number of likely N-dealkylation sites (tertiary alicyclic amines) is 1. The first-order chi connectivity index (χ1) is 14.0. The molecule has 8 heteroatoms. The van der Waals surface area contributed by atoms with E-state index in [4.69, 9.17) is 4.74 Å². The van der Waals surface area contributed by atoms with Crippen molar-refractivity contribution in [2.45, 2.75) is 26.7 Å². The van der Waals surface area contributed by atoms with Crippen LogP contribution in [0, 0.1) is 6.92 Å². The van der Waals surface area contributed by atoms with Crippen molar-refractivity contribution in [3.8, 4) is 0 Å². The maximum atomic E-state index is 12.8. The second-order valence-electron chi connectivity index (χ2n) is 6.98. The van der Waals surface area contributed by atoms with E-state index in [2.05, 4.69) is 10.6 Å². The van der Waals surface area contributed by atoms with Crippen molar-refractivity contribution in [3.63, 3.8) is 0 Å². The van der Waals surface area contributed by atoms with Gasteiger partial charge in [-0.05, 0) is 31.5 Å². The molecule has 0 spiro atoms. The van der Waals surface area contributed by atoms with E-state index in [0.29, 0.717) is 27.7 Å². The van der Waals surface area contributed by atoms with Crippen LogP contribution in [0.2, 0.25) is 0 Å². The van der Waals surface area contributed by atoms with Crippen molar-refractivity contribution in [2.75, 3.05) is 36.9 Å². The molecule has 1 fully saturated rings. The highest BCUT2D eigenvalue weighted by atomic mass is 32.1. The lowest BCUT2D eigenvalue weighted by atomic mass is 10.1. The Balaban J connectivity index is 1.83. The van der Waals surface area contributed by atoms with Gasteiger partial charge in [0.15, 0.2) is 6.54 Å². The quantitative estimate of drug-likeness (QED) is 0.603. The van der Waals surface area contributed by atoms with E-state index in [-0.39, 0.29) is 24.0 Å². The molecule has 2 heterocycles. The predicted molar refractivity (Wildman–Crippen MR) is 113 cm³/mol. The third-order valence-corrected chi connectivity index (χ3v) is 6.04. The van der Waals surface area contributed by atoms with Crippen molar-refractivity contribution in [3.05, 3.63) is 46.3 Å². The lowest BCUT2D eigenvalue weighted by molar-refractivity contribution is -0.878. The summed E-state index contributed by atoms with van der Waals surface area (Å²) in [6, 6.07) is 9.09. The lowest BCUT2D eigenvalue weighted by Crippen LogP contribution is -3.11. The molecule has 0 radical (unpaired) electrons. The third kappa shape index (κ3) is 5.21. The molecule has 29 heavy (non-hydrogen) atoms. The van der Waals surface area contributed by atoms with Crippen LogP contribution in [0.15, 0.2) is 30.3 Å². The summed E-state index contributed by atoms with van der Waals surface area (Å²) in [6.07, 6.45) is 2.25. The molecule has 0 saturated carbocycles. The summed E-state index contributed by atoms with van der Waals surface area (Å²) in [4.78, 5) is 39.4. The van der Waals surface area contributed by atoms with E-state index in [0.717, 1.165) is 37.3 Å². The normalized spacial score (nSPS) is 13.9. The molecule has 1 aliphatic heterocycles. The van der Waals surface area contributed by atoms with Crippen LogP contribution in [0.5, 0.6) is 0 Å². The molecule has 0 unspecified atom stereocenters. The highest BCUT2D eigenvalue weighted by Crippen LogP contribution is 2.34. The van der Waals surface area contributed by atoms with Gasteiger partial charge in [0.2, 0.25) is 0 Å². The maximum absolute atomic E-state index is 12.8. The summed E-state index contributed by atoms with van der Waals surface area (Å²) >= 11 is 1.10. The number of hydrogen-bond donors (Lipinski definition) is 3. The van der Waals surface area contributed by atoms with Crippen LogP contribution in [-0.4, -0.2) is 44.0 Å². The number of rotatable bonds is 7. The largest absolute Gasteiger partial charge is 0.462 e. The molecule has 1 aromatic heterocycles. The van der Waals surface area contributed by atoms with Crippen molar-refractivity contribution in [1.29, 1.82) is 0 Å². The Labute approximate surface area is 174 Å². The molecule has 7 nitrogen and oxygen atoms in total. The zero-order chi connectivity index (χ0) is 20.8. The first-order valence-corrected chi connectivity index (χ1v) is 10.6. The first kappa shape index (κ1) is 21.0. The number of nitrogens with one attached hydrogen (secondary N) is 3. The van der Waals surface area contributed by atoms with Crippen LogP contribution >= 0.6 is 11.3 Å². The van der Waals surface area contributed by atoms with Gasteiger partial charge >= 0.3 is 5.97 Å². The minimum atomic E-state index is -0.538. The van der Waals surface area contributed by atoms with E-state index < -0.39 is 5.97 Å². The van der Waals surface area contributed by atoms with Gasteiger partial charge in [-0.1, -0.05) is 18.2 Å². The van der Waals surface area contributed by atoms with E-state index in [1.54, 1.807) is 26.0 Å². The fraction of sp³-hybridized carbons (Fsp3) is 0.381. The fourth-order valence-corrected chi connectivity index (χ4v) is 4.53. The number of anilines is 2. The third-order valence-electron chi connectivity index (χ3n) is 4.84. The minimum Gasteiger partial charge on any atom is -0.462 e. The van der Waals surface area contributed by atoms with Gasteiger partial charge < -0.3 is 20.3 Å². The number of benzene rings is 1. The Kier molecular flexibility index (Phi) is 7.00. The summed E-state index contributed by atoms with van der Waals surface area (Å²) in [5.41, 5.74) is 1.41. The first-order valence-electron chi connectivity index (χ1n) is 9.80. The van der Waals surface area contributed by atoms with E-state index in [1.165, 1.54) is 4.90 Å². The molecule has 1 saturated heterocycles. The van der Waals surface area contributed by atoms with Gasteiger partial charge in [-0.2, -0.15) is 0 Å². The Bertz CT molecular complexity index is 889. The molecule has 154 valence electrons. The number of ether oxygens (including phenoxy) is 1. The minimum absolute atomic E-state index is 0.163. The highest BCUT2D eigenvalue weighted by molar-refractivity contribution is 7.18. The summed E-state index contributed by atoms with van der Waals surface area (Å²) in [6.45, 7) is 5.94. The van der Waals surface area contributed by atoms with E-state index in [1.807, 2.05) is 18.2 Å². The summed E-state index contributed by atoms with van der Waals surface area (Å²) in [5, 5.41) is 6.02. The summed E-state index contributed by atoms with van der Waals surface area (Å²) in [5.74, 6) is -1.03. The number of carbonyl (C=O) groups is 3. The molecule has 0 bridgehead atoms. The number of quaternary nitrogens is 1. The van der Waals surface area contributed by atoms with Crippen molar-refractivity contribution in [1.82, 2.24) is 0 Å². The van der Waals surface area contributed by atoms with E-state index in [9.17, 15) is 14.4 Å². The molecular weight excluding hydrogens is 390 g/mol. The van der Waals surface area contributed by atoms with Crippen LogP contribution in [0.25, 0.3) is 0 Å². The number of hydrogen-bond acceptors (Lipinski definition) is 5. The fourth-order valence-electron chi connectivity index (χ4n) is 3.43. The van der Waals surface area contributed by atoms with Crippen LogP contribution in [0.4, 0.5) is 10.7 Å². The van der Waals surface area contributed by atoms with Gasteiger partial charge in [-0.15, -0.1) is 11.3 Å². The molecule has 3 rings (SSSR count). The number of thiophene rings is 1.